The van der Waals surface area contributed by atoms with Gasteiger partial charge in [-0.05, 0) is 50.1 Å². The monoisotopic (exact) mass is 336 g/mol. The average Bonchev–Trinajstić information content (AvgIpc) is 2.72. The number of aryl methyl sites for hydroxylation is 1. The molecule has 0 amide bonds. The van der Waals surface area contributed by atoms with Gasteiger partial charge in [0.25, 0.3) is 0 Å². The Kier molecular flexibility index (Phi) is 4.60. The fraction of sp³-hybridized carbons (Fsp3) is 0.333. The summed E-state index contributed by atoms with van der Waals surface area (Å²) in [4.78, 5) is 11.3. The van der Waals surface area contributed by atoms with Crippen molar-refractivity contribution in [2.24, 2.45) is 0 Å². The third kappa shape index (κ3) is 3.10. The number of ether oxygens (including phenoxy) is 1. The standard InChI is InChI=1S/C15H17BrN2O2/c1-10-14(8-9-15(19)20-3)11(2)18(17-10)13-6-4-12(16)5-7-13/h4-7H,8-9H2,1-3H3. The lowest BCUT2D eigenvalue weighted by Crippen LogP contribution is -2.03. The van der Waals surface area contributed by atoms with Crippen LogP contribution in [0.5, 0.6) is 0 Å². The zero-order valence-electron chi connectivity index (χ0n) is 11.8. The molecular weight excluding hydrogens is 320 g/mol. The van der Waals surface area contributed by atoms with Gasteiger partial charge in [-0.15, -0.1) is 0 Å². The molecule has 0 aliphatic heterocycles. The van der Waals surface area contributed by atoms with E-state index in [2.05, 4.69) is 25.8 Å². The highest BCUT2D eigenvalue weighted by molar-refractivity contribution is 9.10. The van der Waals surface area contributed by atoms with Gasteiger partial charge in [-0.2, -0.15) is 5.10 Å². The Morgan fingerprint density at radius 2 is 1.95 bits per heavy atom. The maximum atomic E-state index is 11.3. The van der Waals surface area contributed by atoms with Crippen LogP contribution in [0.3, 0.4) is 0 Å². The van der Waals surface area contributed by atoms with Crippen LogP contribution in [0.2, 0.25) is 0 Å². The van der Waals surface area contributed by atoms with E-state index >= 15 is 0 Å². The predicted molar refractivity (Wildman–Crippen MR) is 81.1 cm³/mol. The topological polar surface area (TPSA) is 44.1 Å². The Hall–Kier alpha value is -1.62. The minimum absolute atomic E-state index is 0.194. The highest BCUT2D eigenvalue weighted by Crippen LogP contribution is 2.20. The molecule has 4 nitrogen and oxygen atoms in total. The zero-order valence-corrected chi connectivity index (χ0v) is 13.4. The quantitative estimate of drug-likeness (QED) is 0.804. The summed E-state index contributed by atoms with van der Waals surface area (Å²) in [5.74, 6) is -0.194. The van der Waals surface area contributed by atoms with Crippen molar-refractivity contribution >= 4 is 21.9 Å². The molecule has 0 unspecified atom stereocenters. The second-order valence-corrected chi connectivity index (χ2v) is 5.53. The van der Waals surface area contributed by atoms with Crippen molar-refractivity contribution in [1.29, 1.82) is 0 Å². The molecule has 2 rings (SSSR count). The third-order valence-corrected chi connectivity index (χ3v) is 3.85. The summed E-state index contributed by atoms with van der Waals surface area (Å²) in [5.41, 5.74) is 4.14. The molecule has 0 saturated heterocycles. The van der Waals surface area contributed by atoms with E-state index in [0.29, 0.717) is 12.8 Å². The number of carbonyl (C=O) groups is 1. The van der Waals surface area contributed by atoms with Crippen LogP contribution in [0.1, 0.15) is 23.4 Å². The Morgan fingerprint density at radius 3 is 2.55 bits per heavy atom. The number of halogens is 1. The molecule has 1 heterocycles. The van der Waals surface area contributed by atoms with E-state index in [1.807, 2.05) is 42.8 Å². The Morgan fingerprint density at radius 1 is 1.30 bits per heavy atom. The van der Waals surface area contributed by atoms with Crippen molar-refractivity contribution in [3.63, 3.8) is 0 Å². The van der Waals surface area contributed by atoms with E-state index in [1.54, 1.807) is 0 Å². The number of hydrogen-bond donors (Lipinski definition) is 0. The summed E-state index contributed by atoms with van der Waals surface area (Å²) >= 11 is 3.42. The molecule has 0 saturated carbocycles. The lowest BCUT2D eigenvalue weighted by atomic mass is 10.1. The minimum Gasteiger partial charge on any atom is -0.469 e. The Balaban J connectivity index is 2.28. The number of rotatable bonds is 4. The number of hydrogen-bond acceptors (Lipinski definition) is 3. The van der Waals surface area contributed by atoms with Crippen LogP contribution in [-0.2, 0) is 16.0 Å². The molecule has 0 radical (unpaired) electrons. The van der Waals surface area contributed by atoms with Crippen LogP contribution in [0, 0.1) is 13.8 Å². The normalized spacial score (nSPS) is 10.6. The largest absolute Gasteiger partial charge is 0.469 e. The summed E-state index contributed by atoms with van der Waals surface area (Å²) in [5, 5.41) is 4.56. The van der Waals surface area contributed by atoms with Crippen molar-refractivity contribution in [3.05, 3.63) is 45.7 Å². The van der Waals surface area contributed by atoms with E-state index in [0.717, 1.165) is 27.1 Å². The van der Waals surface area contributed by atoms with Gasteiger partial charge in [-0.3, -0.25) is 4.79 Å². The van der Waals surface area contributed by atoms with Gasteiger partial charge >= 0.3 is 5.97 Å². The third-order valence-electron chi connectivity index (χ3n) is 3.32. The van der Waals surface area contributed by atoms with Gasteiger partial charge in [0.05, 0.1) is 18.5 Å². The smallest absolute Gasteiger partial charge is 0.305 e. The van der Waals surface area contributed by atoms with Crippen molar-refractivity contribution in [3.8, 4) is 5.69 Å². The molecule has 1 aromatic carbocycles. The summed E-state index contributed by atoms with van der Waals surface area (Å²) in [6, 6.07) is 7.99. The molecule has 106 valence electrons. The fourth-order valence-electron chi connectivity index (χ4n) is 2.20. The van der Waals surface area contributed by atoms with Gasteiger partial charge in [0.1, 0.15) is 0 Å². The molecule has 0 spiro atoms. The molecule has 1 aromatic heterocycles. The predicted octanol–water partition coefficient (Wildman–Crippen LogP) is 3.36. The van der Waals surface area contributed by atoms with E-state index in [9.17, 15) is 4.79 Å². The van der Waals surface area contributed by atoms with Gasteiger partial charge in [-0.1, -0.05) is 15.9 Å². The van der Waals surface area contributed by atoms with Crippen molar-refractivity contribution in [1.82, 2.24) is 9.78 Å². The summed E-state index contributed by atoms with van der Waals surface area (Å²) in [7, 11) is 1.41. The molecular formula is C15H17BrN2O2. The summed E-state index contributed by atoms with van der Waals surface area (Å²) in [6.07, 6.45) is 1.03. The van der Waals surface area contributed by atoms with E-state index in [1.165, 1.54) is 7.11 Å². The highest BCUT2D eigenvalue weighted by atomic mass is 79.9. The van der Waals surface area contributed by atoms with Crippen LogP contribution < -0.4 is 0 Å². The van der Waals surface area contributed by atoms with Crippen LogP contribution in [0.4, 0.5) is 0 Å². The molecule has 0 bridgehead atoms. The first kappa shape index (κ1) is 14.8. The Labute approximate surface area is 126 Å². The Bertz CT molecular complexity index is 618. The second-order valence-electron chi connectivity index (χ2n) is 4.61. The molecule has 0 fully saturated rings. The first-order valence-electron chi connectivity index (χ1n) is 6.40. The van der Waals surface area contributed by atoms with Gasteiger partial charge in [-0.25, -0.2) is 4.68 Å². The second kappa shape index (κ2) is 6.22. The first-order valence-corrected chi connectivity index (χ1v) is 7.20. The molecule has 20 heavy (non-hydrogen) atoms. The van der Waals surface area contributed by atoms with Crippen molar-refractivity contribution in [2.75, 3.05) is 7.11 Å². The maximum Gasteiger partial charge on any atom is 0.305 e. The number of nitrogens with zero attached hydrogens (tertiary/aromatic N) is 2. The molecule has 2 aromatic rings. The van der Waals surface area contributed by atoms with Gasteiger partial charge in [0, 0.05) is 16.6 Å². The number of methoxy groups -OCH3 is 1. The average molecular weight is 337 g/mol. The van der Waals surface area contributed by atoms with E-state index < -0.39 is 0 Å². The molecule has 0 atom stereocenters. The molecule has 0 N–H and O–H groups in total. The molecule has 0 aliphatic rings. The molecule has 5 heteroatoms. The minimum atomic E-state index is -0.194. The zero-order chi connectivity index (χ0) is 14.7. The van der Waals surface area contributed by atoms with Crippen LogP contribution in [0.15, 0.2) is 28.7 Å². The van der Waals surface area contributed by atoms with Crippen LogP contribution >= 0.6 is 15.9 Å². The van der Waals surface area contributed by atoms with Crippen LogP contribution in [0.25, 0.3) is 5.69 Å². The SMILES string of the molecule is COC(=O)CCc1c(C)nn(-c2ccc(Br)cc2)c1C. The summed E-state index contributed by atoms with van der Waals surface area (Å²) in [6.45, 7) is 3.99. The lowest BCUT2D eigenvalue weighted by Gasteiger charge is -2.05. The van der Waals surface area contributed by atoms with Crippen LogP contribution in [-0.4, -0.2) is 22.9 Å². The van der Waals surface area contributed by atoms with E-state index in [-0.39, 0.29) is 5.97 Å². The number of esters is 1. The summed E-state index contributed by atoms with van der Waals surface area (Å²) < 4.78 is 7.63. The van der Waals surface area contributed by atoms with Crippen molar-refractivity contribution in [2.45, 2.75) is 26.7 Å². The lowest BCUT2D eigenvalue weighted by molar-refractivity contribution is -0.140. The van der Waals surface area contributed by atoms with Gasteiger partial charge < -0.3 is 4.74 Å². The first-order chi connectivity index (χ1) is 9.52. The highest BCUT2D eigenvalue weighted by Gasteiger charge is 2.14. The van der Waals surface area contributed by atoms with E-state index in [4.69, 9.17) is 0 Å². The van der Waals surface area contributed by atoms with Gasteiger partial charge in [0.2, 0.25) is 0 Å². The number of carbonyl (C=O) groups excluding carboxylic acids is 1. The van der Waals surface area contributed by atoms with Crippen molar-refractivity contribution < 1.29 is 9.53 Å². The van der Waals surface area contributed by atoms with Gasteiger partial charge in [0.15, 0.2) is 0 Å². The number of benzene rings is 1. The number of aromatic nitrogens is 2. The molecule has 0 aliphatic carbocycles. The fourth-order valence-corrected chi connectivity index (χ4v) is 2.46. The maximum absolute atomic E-state index is 11.3.